The van der Waals surface area contributed by atoms with Crippen molar-refractivity contribution < 1.29 is 40.7 Å². The maximum absolute atomic E-state index is 11.8. The predicted octanol–water partition coefficient (Wildman–Crippen LogP) is 2.29. The number of rotatable bonds is 2. The first-order valence-corrected chi connectivity index (χ1v) is 3.66. The highest BCUT2D eigenvalue weighted by Gasteiger charge is 2.42. The lowest BCUT2D eigenvalue weighted by Gasteiger charge is -2.10. The quantitative estimate of drug-likeness (QED) is 0.332. The molecule has 96 valence electrons. The van der Waals surface area contributed by atoms with Crippen LogP contribution in [0.25, 0.3) is 0 Å². The second-order valence-electron chi connectivity index (χ2n) is 2.63. The Kier molecular flexibility index (Phi) is 4.11. The van der Waals surface area contributed by atoms with E-state index in [9.17, 15) is 35.9 Å². The van der Waals surface area contributed by atoms with Gasteiger partial charge in [0, 0.05) is 0 Å². The van der Waals surface area contributed by atoms with Crippen LogP contribution in [0, 0.1) is 0 Å². The van der Waals surface area contributed by atoms with Crippen LogP contribution in [0.2, 0.25) is 0 Å². The van der Waals surface area contributed by atoms with Gasteiger partial charge in [-0.2, -0.15) is 26.3 Å². The first-order valence-electron chi connectivity index (χ1n) is 3.66. The van der Waals surface area contributed by atoms with E-state index in [4.69, 9.17) is 0 Å². The van der Waals surface area contributed by atoms with Gasteiger partial charge in [0.05, 0.1) is 0 Å². The monoisotopic (exact) mass is 262 g/mol. The van der Waals surface area contributed by atoms with Crippen LogP contribution in [0.1, 0.15) is 0 Å². The summed E-state index contributed by atoms with van der Waals surface area (Å²) in [6.07, 6.45) is -10.4. The highest BCUT2D eigenvalue weighted by molar-refractivity contribution is 6.02. The molecular formula is C8H4F6O3. The Hall–Kier alpha value is -1.80. The zero-order valence-corrected chi connectivity index (χ0v) is 7.91. The minimum Gasteiger partial charge on any atom is -0.386 e. The van der Waals surface area contributed by atoms with Crippen molar-refractivity contribution >= 4 is 11.9 Å². The van der Waals surface area contributed by atoms with Crippen molar-refractivity contribution in [3.05, 3.63) is 24.3 Å². The lowest BCUT2D eigenvalue weighted by atomic mass is 10.3. The average molecular weight is 262 g/mol. The fourth-order valence-electron chi connectivity index (χ4n) is 0.439. The normalized spacial score (nSPS) is 11.9. The minimum absolute atomic E-state index is 2.10. The van der Waals surface area contributed by atoms with Crippen LogP contribution in [0.4, 0.5) is 26.3 Å². The summed E-state index contributed by atoms with van der Waals surface area (Å²) in [7, 11) is 0. The molecule has 0 saturated heterocycles. The third-order valence-corrected chi connectivity index (χ3v) is 1.36. The summed E-state index contributed by atoms with van der Waals surface area (Å²) in [6.45, 7) is 4.48. The molecule has 0 aliphatic rings. The van der Waals surface area contributed by atoms with Gasteiger partial charge < -0.3 is 4.74 Å². The smallest absolute Gasteiger partial charge is 0.386 e. The summed E-state index contributed by atoms with van der Waals surface area (Å²) in [5.41, 5.74) is -4.19. The van der Waals surface area contributed by atoms with Gasteiger partial charge in [0.25, 0.3) is 0 Å². The van der Waals surface area contributed by atoms with E-state index in [0.717, 1.165) is 0 Å². The zero-order chi connectivity index (χ0) is 14.0. The lowest BCUT2D eigenvalue weighted by Crippen LogP contribution is -2.27. The van der Waals surface area contributed by atoms with Crippen molar-refractivity contribution in [2.75, 3.05) is 0 Å². The molecule has 0 radical (unpaired) electrons. The SMILES string of the molecule is C=C(C(=O)OC(=O)C(=C)C(F)(F)F)C(F)(F)F. The number of carbonyl (C=O) groups is 2. The van der Waals surface area contributed by atoms with Crippen LogP contribution in [-0.2, 0) is 14.3 Å². The van der Waals surface area contributed by atoms with Gasteiger partial charge in [-0.05, 0) is 0 Å². The second kappa shape index (κ2) is 4.60. The Balaban J connectivity index is 4.69. The van der Waals surface area contributed by atoms with Gasteiger partial charge in [-0.15, -0.1) is 0 Å². The topological polar surface area (TPSA) is 43.4 Å². The van der Waals surface area contributed by atoms with E-state index >= 15 is 0 Å². The first-order chi connectivity index (χ1) is 7.37. The lowest BCUT2D eigenvalue weighted by molar-refractivity contribution is -0.164. The molecule has 0 spiro atoms. The Bertz CT molecular complexity index is 340. The van der Waals surface area contributed by atoms with Crippen LogP contribution in [0.3, 0.4) is 0 Å². The van der Waals surface area contributed by atoms with Crippen molar-refractivity contribution in [3.63, 3.8) is 0 Å². The highest BCUT2D eigenvalue weighted by Crippen LogP contribution is 2.27. The molecule has 0 atom stereocenters. The van der Waals surface area contributed by atoms with Gasteiger partial charge in [-0.25, -0.2) is 9.59 Å². The van der Waals surface area contributed by atoms with E-state index in [1.807, 2.05) is 0 Å². The zero-order valence-electron chi connectivity index (χ0n) is 7.91. The molecule has 0 amide bonds. The molecule has 0 unspecified atom stereocenters. The van der Waals surface area contributed by atoms with E-state index in [0.29, 0.717) is 0 Å². The van der Waals surface area contributed by atoms with Gasteiger partial charge in [-0.3, -0.25) is 0 Å². The average Bonchev–Trinajstić information content (AvgIpc) is 2.12. The number of esters is 2. The van der Waals surface area contributed by atoms with Crippen molar-refractivity contribution in [1.29, 1.82) is 0 Å². The first kappa shape index (κ1) is 15.2. The van der Waals surface area contributed by atoms with E-state index in [1.54, 1.807) is 0 Å². The Morgan fingerprint density at radius 2 is 1.00 bits per heavy atom. The van der Waals surface area contributed by atoms with Crippen LogP contribution in [-0.4, -0.2) is 24.3 Å². The van der Waals surface area contributed by atoms with Gasteiger partial charge in [-0.1, -0.05) is 13.2 Å². The van der Waals surface area contributed by atoms with E-state index in [-0.39, 0.29) is 0 Å². The molecule has 17 heavy (non-hydrogen) atoms. The second-order valence-corrected chi connectivity index (χ2v) is 2.63. The molecule has 0 bridgehead atoms. The standard InChI is InChI=1S/C8H4F6O3/c1-3(7(9,10)11)5(15)17-6(16)4(2)8(12,13)14/h1-2H2. The van der Waals surface area contributed by atoms with Crippen LogP contribution < -0.4 is 0 Å². The fourth-order valence-corrected chi connectivity index (χ4v) is 0.439. The molecule has 0 heterocycles. The van der Waals surface area contributed by atoms with Crippen molar-refractivity contribution in [1.82, 2.24) is 0 Å². The van der Waals surface area contributed by atoms with Crippen molar-refractivity contribution in [3.8, 4) is 0 Å². The molecule has 0 fully saturated rings. The van der Waals surface area contributed by atoms with E-state index in [1.165, 1.54) is 0 Å². The maximum Gasteiger partial charge on any atom is 0.422 e. The molecule has 0 aromatic heterocycles. The summed E-state index contributed by atoms with van der Waals surface area (Å²) in [5, 5.41) is 0. The van der Waals surface area contributed by atoms with E-state index < -0.39 is 35.4 Å². The van der Waals surface area contributed by atoms with Crippen LogP contribution >= 0.6 is 0 Å². The van der Waals surface area contributed by atoms with Crippen LogP contribution in [0.15, 0.2) is 24.3 Å². The third-order valence-electron chi connectivity index (χ3n) is 1.36. The third kappa shape index (κ3) is 4.29. The number of hydrogen-bond donors (Lipinski definition) is 0. The van der Waals surface area contributed by atoms with Gasteiger partial charge in [0.1, 0.15) is 11.1 Å². The van der Waals surface area contributed by atoms with Gasteiger partial charge in [0.15, 0.2) is 0 Å². The number of ether oxygens (including phenoxy) is 1. The van der Waals surface area contributed by atoms with Crippen LogP contribution in [0.5, 0.6) is 0 Å². The molecule has 3 nitrogen and oxygen atoms in total. The Labute approximate surface area is 90.3 Å². The maximum atomic E-state index is 11.8. The Morgan fingerprint density at radius 1 is 0.765 bits per heavy atom. The van der Waals surface area contributed by atoms with Gasteiger partial charge in [0.2, 0.25) is 0 Å². The summed E-state index contributed by atoms with van der Waals surface area (Å²) in [5.74, 6) is -4.62. The van der Waals surface area contributed by atoms with Crippen molar-refractivity contribution in [2.24, 2.45) is 0 Å². The molecular weight excluding hydrogens is 258 g/mol. The molecule has 0 aliphatic heterocycles. The molecule has 0 saturated carbocycles. The largest absolute Gasteiger partial charge is 0.422 e. The number of halogens is 6. The molecule has 0 aliphatic carbocycles. The number of alkyl halides is 6. The Morgan fingerprint density at radius 3 is 1.18 bits per heavy atom. The van der Waals surface area contributed by atoms with E-state index in [2.05, 4.69) is 17.9 Å². The summed E-state index contributed by atoms with van der Waals surface area (Å²) >= 11 is 0. The fraction of sp³-hybridized carbons (Fsp3) is 0.250. The molecule has 0 N–H and O–H groups in total. The molecule has 9 heteroatoms. The summed E-state index contributed by atoms with van der Waals surface area (Å²) in [6, 6.07) is 0. The summed E-state index contributed by atoms with van der Waals surface area (Å²) in [4.78, 5) is 21.1. The minimum atomic E-state index is -5.20. The molecule has 0 rings (SSSR count). The number of hydrogen-bond acceptors (Lipinski definition) is 3. The number of carbonyl (C=O) groups excluding carboxylic acids is 2. The molecule has 0 aromatic carbocycles. The summed E-state index contributed by atoms with van der Waals surface area (Å²) < 4.78 is 74.3. The molecule has 0 aromatic rings. The van der Waals surface area contributed by atoms with Crippen molar-refractivity contribution in [2.45, 2.75) is 12.4 Å². The van der Waals surface area contributed by atoms with Gasteiger partial charge >= 0.3 is 24.3 Å². The predicted molar refractivity (Wildman–Crippen MR) is 41.5 cm³/mol. The highest BCUT2D eigenvalue weighted by atomic mass is 19.4.